The highest BCUT2D eigenvalue weighted by atomic mass is 16.5. The highest BCUT2D eigenvalue weighted by Crippen LogP contribution is 2.34. The average Bonchev–Trinajstić information content (AvgIpc) is 2.40. The fraction of sp³-hybridized carbons (Fsp3) is 0.684. The number of hydrogen-bond acceptors (Lipinski definition) is 2. The van der Waals surface area contributed by atoms with Crippen molar-refractivity contribution in [3.8, 4) is 0 Å². The van der Waals surface area contributed by atoms with Crippen molar-refractivity contribution in [2.75, 3.05) is 13.2 Å². The molecule has 0 amide bonds. The van der Waals surface area contributed by atoms with E-state index in [9.17, 15) is 0 Å². The zero-order valence-corrected chi connectivity index (χ0v) is 14.9. The molecular formula is C19H33NO. The lowest BCUT2D eigenvalue weighted by Gasteiger charge is -2.38. The van der Waals surface area contributed by atoms with E-state index in [0.29, 0.717) is 0 Å². The molecule has 0 radical (unpaired) electrons. The number of benzene rings is 1. The van der Waals surface area contributed by atoms with Gasteiger partial charge in [0.1, 0.15) is 0 Å². The Labute approximate surface area is 131 Å². The molecule has 2 unspecified atom stereocenters. The quantitative estimate of drug-likeness (QED) is 0.779. The predicted octanol–water partition coefficient (Wildman–Crippen LogP) is 4.80. The molecule has 0 fully saturated rings. The molecule has 1 aromatic carbocycles. The maximum absolute atomic E-state index is 6.15. The Hall–Kier alpha value is -0.860. The molecule has 0 bridgehead atoms. The van der Waals surface area contributed by atoms with Crippen LogP contribution in [-0.2, 0) is 4.74 Å². The summed E-state index contributed by atoms with van der Waals surface area (Å²) in [5, 5.41) is 3.72. The Bertz CT molecular complexity index is 434. The van der Waals surface area contributed by atoms with Crippen molar-refractivity contribution >= 4 is 0 Å². The van der Waals surface area contributed by atoms with Crippen LogP contribution in [0.15, 0.2) is 18.2 Å². The summed E-state index contributed by atoms with van der Waals surface area (Å²) in [5.74, 6) is 0. The summed E-state index contributed by atoms with van der Waals surface area (Å²) in [7, 11) is 0. The lowest BCUT2D eigenvalue weighted by Crippen LogP contribution is -2.42. The molecule has 0 saturated heterocycles. The van der Waals surface area contributed by atoms with Crippen LogP contribution >= 0.6 is 0 Å². The van der Waals surface area contributed by atoms with Crippen LogP contribution in [0.5, 0.6) is 0 Å². The summed E-state index contributed by atoms with van der Waals surface area (Å²) >= 11 is 0. The van der Waals surface area contributed by atoms with Crippen LogP contribution in [0.1, 0.15) is 63.8 Å². The molecule has 0 spiro atoms. The summed E-state index contributed by atoms with van der Waals surface area (Å²) in [6.45, 7) is 17.2. The van der Waals surface area contributed by atoms with Crippen LogP contribution in [0.2, 0.25) is 0 Å². The normalized spacial score (nSPS) is 15.0. The molecule has 0 aliphatic carbocycles. The largest absolute Gasteiger partial charge is 0.376 e. The molecule has 0 saturated carbocycles. The second kappa shape index (κ2) is 7.95. The van der Waals surface area contributed by atoms with E-state index in [2.05, 4.69) is 72.0 Å². The molecule has 2 nitrogen and oxygen atoms in total. The zero-order chi connectivity index (χ0) is 16.0. The Kier molecular flexibility index (Phi) is 6.89. The first-order valence-corrected chi connectivity index (χ1v) is 8.23. The van der Waals surface area contributed by atoms with E-state index in [1.807, 2.05) is 0 Å². The second-order valence-electron chi connectivity index (χ2n) is 7.03. The summed E-state index contributed by atoms with van der Waals surface area (Å²) in [4.78, 5) is 0. The smallest absolute Gasteiger partial charge is 0.0817 e. The lowest BCUT2D eigenvalue weighted by atomic mass is 9.80. The van der Waals surface area contributed by atoms with Crippen LogP contribution in [0.4, 0.5) is 0 Å². The number of ether oxygens (including phenoxy) is 1. The average molecular weight is 291 g/mol. The minimum atomic E-state index is 0.0948. The minimum Gasteiger partial charge on any atom is -0.376 e. The third-order valence-electron chi connectivity index (χ3n) is 3.89. The van der Waals surface area contributed by atoms with Gasteiger partial charge in [-0.15, -0.1) is 0 Å². The molecule has 0 aromatic heterocycles. The maximum atomic E-state index is 6.15. The molecule has 1 aromatic rings. The molecule has 2 atom stereocenters. The van der Waals surface area contributed by atoms with Crippen LogP contribution in [-0.4, -0.2) is 19.3 Å². The topological polar surface area (TPSA) is 21.3 Å². The Morgan fingerprint density at radius 2 is 1.81 bits per heavy atom. The first-order chi connectivity index (χ1) is 9.81. The highest BCUT2D eigenvalue weighted by Gasteiger charge is 2.34. The summed E-state index contributed by atoms with van der Waals surface area (Å²) in [6.07, 6.45) is 1.29. The third-order valence-corrected chi connectivity index (χ3v) is 3.89. The molecule has 2 heteroatoms. The van der Waals surface area contributed by atoms with Gasteiger partial charge in [0.2, 0.25) is 0 Å². The van der Waals surface area contributed by atoms with E-state index in [1.165, 1.54) is 16.7 Å². The van der Waals surface area contributed by atoms with Gasteiger partial charge in [-0.1, -0.05) is 51.5 Å². The van der Waals surface area contributed by atoms with Gasteiger partial charge in [0.25, 0.3) is 0 Å². The summed E-state index contributed by atoms with van der Waals surface area (Å²) in [6, 6.07) is 6.95. The van der Waals surface area contributed by atoms with Crippen molar-refractivity contribution in [1.29, 1.82) is 0 Å². The SMILES string of the molecule is CCCNC(c1cc(C)ccc1C)C(OCC)C(C)(C)C. The Balaban J connectivity index is 3.22. The van der Waals surface area contributed by atoms with Gasteiger partial charge in [-0.05, 0) is 50.3 Å². The van der Waals surface area contributed by atoms with Gasteiger partial charge in [-0.2, -0.15) is 0 Å². The lowest BCUT2D eigenvalue weighted by molar-refractivity contribution is -0.0367. The Morgan fingerprint density at radius 3 is 2.33 bits per heavy atom. The van der Waals surface area contributed by atoms with E-state index < -0.39 is 0 Å². The van der Waals surface area contributed by atoms with Crippen molar-refractivity contribution < 1.29 is 4.74 Å². The van der Waals surface area contributed by atoms with Gasteiger partial charge in [-0.25, -0.2) is 0 Å². The fourth-order valence-electron chi connectivity index (χ4n) is 2.80. The summed E-state index contributed by atoms with van der Waals surface area (Å²) < 4.78 is 6.15. The van der Waals surface area contributed by atoms with Crippen LogP contribution < -0.4 is 5.32 Å². The number of rotatable bonds is 7. The van der Waals surface area contributed by atoms with Crippen LogP contribution in [0, 0.1) is 19.3 Å². The van der Waals surface area contributed by atoms with E-state index >= 15 is 0 Å². The molecule has 0 aliphatic rings. The first kappa shape index (κ1) is 18.2. The molecule has 1 rings (SSSR count). The van der Waals surface area contributed by atoms with Crippen molar-refractivity contribution in [2.24, 2.45) is 5.41 Å². The van der Waals surface area contributed by atoms with Crippen molar-refractivity contribution in [1.82, 2.24) is 5.32 Å². The number of nitrogens with one attached hydrogen (secondary N) is 1. The Morgan fingerprint density at radius 1 is 1.14 bits per heavy atom. The van der Waals surface area contributed by atoms with Gasteiger partial charge >= 0.3 is 0 Å². The van der Waals surface area contributed by atoms with Crippen molar-refractivity contribution in [2.45, 2.75) is 67.0 Å². The maximum Gasteiger partial charge on any atom is 0.0817 e. The van der Waals surface area contributed by atoms with E-state index in [0.717, 1.165) is 19.6 Å². The van der Waals surface area contributed by atoms with Gasteiger partial charge in [0.05, 0.1) is 12.1 Å². The molecule has 0 heterocycles. The first-order valence-electron chi connectivity index (χ1n) is 8.23. The van der Waals surface area contributed by atoms with Crippen LogP contribution in [0.3, 0.4) is 0 Å². The number of hydrogen-bond donors (Lipinski definition) is 1. The second-order valence-corrected chi connectivity index (χ2v) is 7.03. The van der Waals surface area contributed by atoms with Gasteiger partial charge in [0, 0.05) is 6.61 Å². The van der Waals surface area contributed by atoms with Crippen LogP contribution in [0.25, 0.3) is 0 Å². The van der Waals surface area contributed by atoms with Gasteiger partial charge < -0.3 is 10.1 Å². The predicted molar refractivity (Wildman–Crippen MR) is 91.8 cm³/mol. The highest BCUT2D eigenvalue weighted by molar-refractivity contribution is 5.34. The molecule has 21 heavy (non-hydrogen) atoms. The van der Waals surface area contributed by atoms with E-state index in [-0.39, 0.29) is 17.6 Å². The minimum absolute atomic E-state index is 0.0948. The number of aryl methyl sites for hydroxylation is 2. The zero-order valence-electron chi connectivity index (χ0n) is 14.9. The van der Waals surface area contributed by atoms with Gasteiger partial charge in [-0.3, -0.25) is 0 Å². The molecule has 120 valence electrons. The van der Waals surface area contributed by atoms with Gasteiger partial charge in [0.15, 0.2) is 0 Å². The standard InChI is InChI=1S/C19H33NO/c1-8-12-20-17(18(21-9-2)19(5,6)7)16-13-14(3)10-11-15(16)4/h10-11,13,17-18,20H,8-9,12H2,1-7H3. The van der Waals surface area contributed by atoms with E-state index in [1.54, 1.807) is 0 Å². The molecule has 0 aliphatic heterocycles. The third kappa shape index (κ3) is 5.12. The fourth-order valence-corrected chi connectivity index (χ4v) is 2.80. The summed E-state index contributed by atoms with van der Waals surface area (Å²) in [5.41, 5.74) is 4.11. The van der Waals surface area contributed by atoms with E-state index in [4.69, 9.17) is 4.74 Å². The molecular weight excluding hydrogens is 258 g/mol. The van der Waals surface area contributed by atoms with Crippen molar-refractivity contribution in [3.05, 3.63) is 34.9 Å². The van der Waals surface area contributed by atoms with Crippen molar-refractivity contribution in [3.63, 3.8) is 0 Å². The molecule has 1 N–H and O–H groups in total. The monoisotopic (exact) mass is 291 g/mol.